The molecule has 0 unspecified atom stereocenters. The van der Waals surface area contributed by atoms with Crippen molar-refractivity contribution in [3.8, 4) is 11.5 Å². The Hall–Kier alpha value is -2.06. The second kappa shape index (κ2) is 8.16. The molecule has 2 rings (SSSR count). The number of phenolic OH excluding ortho intramolecular Hbond substituents is 1. The first kappa shape index (κ1) is 18.3. The number of phenols is 1. The molecule has 0 saturated carbocycles. The highest BCUT2D eigenvalue weighted by Gasteiger charge is 2.31. The number of esters is 1. The molecule has 1 aromatic rings. The van der Waals surface area contributed by atoms with E-state index in [9.17, 15) is 14.7 Å². The van der Waals surface area contributed by atoms with E-state index in [0.29, 0.717) is 33.5 Å². The Morgan fingerprint density at radius 3 is 2.79 bits per heavy atom. The minimum Gasteiger partial charge on any atom is -0.504 e. The van der Waals surface area contributed by atoms with Gasteiger partial charge in [0.25, 0.3) is 5.91 Å². The first-order chi connectivity index (χ1) is 11.5. The highest BCUT2D eigenvalue weighted by Crippen LogP contribution is 2.34. The first-order valence-corrected chi connectivity index (χ1v) is 8.38. The van der Waals surface area contributed by atoms with E-state index in [4.69, 9.17) is 17.0 Å². The molecule has 1 aliphatic heterocycles. The number of thiocarbonyl (C=S) groups is 1. The number of nitrogens with zero attached hydrogens (tertiary/aromatic N) is 1. The van der Waals surface area contributed by atoms with Crippen LogP contribution in [0.5, 0.6) is 11.5 Å². The van der Waals surface area contributed by atoms with E-state index in [1.54, 1.807) is 18.2 Å². The van der Waals surface area contributed by atoms with E-state index in [2.05, 4.69) is 4.74 Å². The average molecular weight is 367 g/mol. The Kier molecular flexibility index (Phi) is 6.22. The maximum atomic E-state index is 12.4. The fraction of sp³-hybridized carbons (Fsp3) is 0.312. The molecule has 1 saturated heterocycles. The fourth-order valence-corrected chi connectivity index (χ4v) is 3.43. The highest BCUT2D eigenvalue weighted by atomic mass is 32.2. The summed E-state index contributed by atoms with van der Waals surface area (Å²) in [5.74, 6) is -0.155. The predicted octanol–water partition coefficient (Wildman–Crippen LogP) is 2.56. The third kappa shape index (κ3) is 4.27. The second-order valence-corrected chi connectivity index (χ2v) is 6.62. The third-order valence-electron chi connectivity index (χ3n) is 3.36. The summed E-state index contributed by atoms with van der Waals surface area (Å²) in [7, 11) is 2.79. The van der Waals surface area contributed by atoms with E-state index >= 15 is 0 Å². The molecule has 1 aromatic carbocycles. The quantitative estimate of drug-likeness (QED) is 0.470. The largest absolute Gasteiger partial charge is 0.504 e. The van der Waals surface area contributed by atoms with Gasteiger partial charge in [-0.05, 0) is 30.2 Å². The van der Waals surface area contributed by atoms with Crippen molar-refractivity contribution in [1.82, 2.24) is 4.90 Å². The fourth-order valence-electron chi connectivity index (χ4n) is 2.12. The van der Waals surface area contributed by atoms with E-state index in [1.165, 1.54) is 36.9 Å². The number of methoxy groups -OCH3 is 2. The van der Waals surface area contributed by atoms with Gasteiger partial charge in [0.15, 0.2) is 11.5 Å². The molecule has 128 valence electrons. The van der Waals surface area contributed by atoms with Crippen LogP contribution in [0.15, 0.2) is 23.1 Å². The smallest absolute Gasteiger partial charge is 0.305 e. The van der Waals surface area contributed by atoms with E-state index in [-0.39, 0.29) is 24.0 Å². The van der Waals surface area contributed by atoms with Crippen LogP contribution in [0.3, 0.4) is 0 Å². The molecule has 0 radical (unpaired) electrons. The van der Waals surface area contributed by atoms with Gasteiger partial charge in [0, 0.05) is 13.0 Å². The number of ether oxygens (including phenoxy) is 2. The predicted molar refractivity (Wildman–Crippen MR) is 95.8 cm³/mol. The van der Waals surface area contributed by atoms with E-state index in [0.717, 1.165) is 0 Å². The van der Waals surface area contributed by atoms with Gasteiger partial charge in [-0.25, -0.2) is 0 Å². The molecular weight excluding hydrogens is 350 g/mol. The van der Waals surface area contributed by atoms with Crippen LogP contribution in [-0.4, -0.2) is 47.0 Å². The van der Waals surface area contributed by atoms with Gasteiger partial charge in [-0.3, -0.25) is 14.5 Å². The molecule has 8 heteroatoms. The summed E-state index contributed by atoms with van der Waals surface area (Å²) in [5.41, 5.74) is 0.670. The third-order valence-corrected chi connectivity index (χ3v) is 4.74. The van der Waals surface area contributed by atoms with Crippen LogP contribution < -0.4 is 4.74 Å². The Morgan fingerprint density at radius 1 is 1.42 bits per heavy atom. The van der Waals surface area contributed by atoms with Crippen LogP contribution in [0.4, 0.5) is 0 Å². The molecule has 1 amide bonds. The van der Waals surface area contributed by atoms with Gasteiger partial charge in [-0.15, -0.1) is 0 Å². The summed E-state index contributed by atoms with van der Waals surface area (Å²) in [4.78, 5) is 25.5. The standard InChI is InChI=1S/C16H17NO5S2/c1-21-12-6-5-10(8-11(12)18)9-13-15(20)17(16(23)24-13)7-3-4-14(19)22-2/h5-6,8-9,18H,3-4,7H2,1-2H3/b13-9-. The lowest BCUT2D eigenvalue weighted by Crippen LogP contribution is -2.29. The number of carbonyl (C=O) groups excluding carboxylic acids is 2. The second-order valence-electron chi connectivity index (χ2n) is 4.94. The molecule has 1 heterocycles. The molecule has 1 aliphatic rings. The normalized spacial score (nSPS) is 15.9. The summed E-state index contributed by atoms with van der Waals surface area (Å²) in [6.45, 7) is 0.366. The zero-order valence-electron chi connectivity index (χ0n) is 13.3. The molecule has 0 atom stereocenters. The Labute approximate surface area is 149 Å². The van der Waals surface area contributed by atoms with E-state index in [1.807, 2.05) is 0 Å². The zero-order chi connectivity index (χ0) is 17.7. The van der Waals surface area contributed by atoms with Crippen LogP contribution in [0.25, 0.3) is 6.08 Å². The van der Waals surface area contributed by atoms with Crippen molar-refractivity contribution in [3.63, 3.8) is 0 Å². The monoisotopic (exact) mass is 367 g/mol. The number of hydrogen-bond acceptors (Lipinski definition) is 7. The molecule has 6 nitrogen and oxygen atoms in total. The molecule has 1 fully saturated rings. The lowest BCUT2D eigenvalue weighted by atomic mass is 10.2. The molecular formula is C16H17NO5S2. The average Bonchev–Trinajstić information content (AvgIpc) is 2.82. The topological polar surface area (TPSA) is 76.1 Å². The van der Waals surface area contributed by atoms with Crippen molar-refractivity contribution in [2.45, 2.75) is 12.8 Å². The number of benzene rings is 1. The number of thioether (sulfide) groups is 1. The molecule has 0 spiro atoms. The summed E-state index contributed by atoms with van der Waals surface area (Å²) in [6, 6.07) is 4.88. The summed E-state index contributed by atoms with van der Waals surface area (Å²) >= 11 is 6.42. The van der Waals surface area contributed by atoms with E-state index < -0.39 is 0 Å². The number of aromatic hydroxyl groups is 1. The minimum atomic E-state index is -0.315. The van der Waals surface area contributed by atoms with Crippen molar-refractivity contribution >= 4 is 46.3 Å². The van der Waals surface area contributed by atoms with Gasteiger partial charge < -0.3 is 14.6 Å². The van der Waals surface area contributed by atoms with Crippen LogP contribution >= 0.6 is 24.0 Å². The lowest BCUT2D eigenvalue weighted by molar-refractivity contribution is -0.141. The van der Waals surface area contributed by atoms with Crippen molar-refractivity contribution in [3.05, 3.63) is 28.7 Å². The highest BCUT2D eigenvalue weighted by molar-refractivity contribution is 8.26. The Morgan fingerprint density at radius 2 is 2.17 bits per heavy atom. The van der Waals surface area contributed by atoms with Gasteiger partial charge in [0.05, 0.1) is 19.1 Å². The van der Waals surface area contributed by atoms with Crippen LogP contribution in [0.2, 0.25) is 0 Å². The van der Waals surface area contributed by atoms with Crippen molar-refractivity contribution in [1.29, 1.82) is 0 Å². The van der Waals surface area contributed by atoms with Gasteiger partial charge in [-0.2, -0.15) is 0 Å². The van der Waals surface area contributed by atoms with Gasteiger partial charge >= 0.3 is 5.97 Å². The molecule has 0 aliphatic carbocycles. The lowest BCUT2D eigenvalue weighted by Gasteiger charge is -2.13. The van der Waals surface area contributed by atoms with Crippen molar-refractivity contribution in [2.24, 2.45) is 0 Å². The zero-order valence-corrected chi connectivity index (χ0v) is 14.9. The van der Waals surface area contributed by atoms with Crippen molar-refractivity contribution < 1.29 is 24.2 Å². The summed E-state index contributed by atoms with van der Waals surface area (Å²) in [5, 5.41) is 9.80. The molecule has 24 heavy (non-hydrogen) atoms. The van der Waals surface area contributed by atoms with Crippen LogP contribution in [0.1, 0.15) is 18.4 Å². The Balaban J connectivity index is 2.07. The maximum Gasteiger partial charge on any atom is 0.305 e. The van der Waals surface area contributed by atoms with Crippen molar-refractivity contribution in [2.75, 3.05) is 20.8 Å². The van der Waals surface area contributed by atoms with Gasteiger partial charge in [0.2, 0.25) is 0 Å². The molecule has 0 bridgehead atoms. The summed E-state index contributed by atoms with van der Waals surface area (Å²) < 4.78 is 10.0. The van der Waals surface area contributed by atoms with Gasteiger partial charge in [-0.1, -0.05) is 30.0 Å². The van der Waals surface area contributed by atoms with Crippen LogP contribution in [-0.2, 0) is 14.3 Å². The SMILES string of the molecule is COC(=O)CCCN1C(=O)/C(=C/c2ccc(OC)c(O)c2)SC1=S. The number of carbonyl (C=O) groups is 2. The number of amides is 1. The molecule has 1 N–H and O–H groups in total. The van der Waals surface area contributed by atoms with Gasteiger partial charge in [0.1, 0.15) is 4.32 Å². The summed E-state index contributed by atoms with van der Waals surface area (Å²) in [6.07, 6.45) is 2.38. The first-order valence-electron chi connectivity index (χ1n) is 7.15. The van der Waals surface area contributed by atoms with Crippen LogP contribution in [0, 0.1) is 0 Å². The molecule has 0 aromatic heterocycles. The maximum absolute atomic E-state index is 12.4. The number of hydrogen-bond donors (Lipinski definition) is 1. The Bertz CT molecular complexity index is 702. The minimum absolute atomic E-state index is 0.000179. The number of rotatable bonds is 6.